The van der Waals surface area contributed by atoms with Crippen LogP contribution in [0.5, 0.6) is 0 Å². The molecule has 0 saturated carbocycles. The fraction of sp³-hybridized carbons (Fsp3) is 0.429. The van der Waals surface area contributed by atoms with E-state index in [0.29, 0.717) is 0 Å². The molecule has 1 atom stereocenters. The first-order valence-electron chi connectivity index (χ1n) is 9.30. The van der Waals surface area contributed by atoms with Crippen molar-refractivity contribution in [2.24, 2.45) is 0 Å². The van der Waals surface area contributed by atoms with E-state index in [9.17, 15) is 4.57 Å². The quantitative estimate of drug-likeness (QED) is 0.694. The molecule has 27 heavy (non-hydrogen) atoms. The van der Waals surface area contributed by atoms with E-state index in [2.05, 4.69) is 24.3 Å². The van der Waals surface area contributed by atoms with Gasteiger partial charge in [-0.1, -0.05) is 60.7 Å². The minimum atomic E-state index is -2.87. The van der Waals surface area contributed by atoms with Crippen LogP contribution in [0.1, 0.15) is 24.0 Å². The fourth-order valence-corrected chi connectivity index (χ4v) is 6.38. The van der Waals surface area contributed by atoms with Gasteiger partial charge in [-0.2, -0.15) is 0 Å². The van der Waals surface area contributed by atoms with Gasteiger partial charge < -0.3 is 4.74 Å². The van der Waals surface area contributed by atoms with Gasteiger partial charge in [0.25, 0.3) is 7.59 Å². The van der Waals surface area contributed by atoms with Crippen LogP contribution >= 0.6 is 7.59 Å². The predicted molar refractivity (Wildman–Crippen MR) is 111 cm³/mol. The largest absolute Gasteiger partial charge is 0.347 e. The second kappa shape index (κ2) is 7.86. The Bertz CT molecular complexity index is 744. The second-order valence-corrected chi connectivity index (χ2v) is 10.7. The van der Waals surface area contributed by atoms with Crippen molar-refractivity contribution in [3.05, 3.63) is 71.8 Å². The first-order valence-corrected chi connectivity index (χ1v) is 10.9. The molecule has 1 aliphatic heterocycles. The molecule has 1 fully saturated rings. The van der Waals surface area contributed by atoms with E-state index in [1.165, 1.54) is 0 Å². The summed E-state index contributed by atoms with van der Waals surface area (Å²) >= 11 is 0. The van der Waals surface area contributed by atoms with Crippen molar-refractivity contribution in [1.29, 1.82) is 0 Å². The molecule has 2 aromatic rings. The van der Waals surface area contributed by atoms with Gasteiger partial charge in [0.05, 0.1) is 0 Å². The van der Waals surface area contributed by atoms with E-state index in [4.69, 9.17) is 4.74 Å². The molecule has 0 aliphatic carbocycles. The lowest BCUT2D eigenvalue weighted by Crippen LogP contribution is -2.40. The van der Waals surface area contributed by atoms with Crippen molar-refractivity contribution in [2.75, 3.05) is 35.2 Å². The number of hydrogen-bond acceptors (Lipinski definition) is 2. The van der Waals surface area contributed by atoms with Crippen molar-refractivity contribution in [1.82, 2.24) is 14.0 Å². The Balaban J connectivity index is 2.00. The minimum Gasteiger partial charge on any atom is -0.347 e. The Morgan fingerprint density at radius 3 is 1.70 bits per heavy atom. The van der Waals surface area contributed by atoms with Gasteiger partial charge in [0.15, 0.2) is 0 Å². The van der Waals surface area contributed by atoms with Crippen LogP contribution in [0.3, 0.4) is 0 Å². The average Bonchev–Trinajstić information content (AvgIpc) is 3.14. The van der Waals surface area contributed by atoms with E-state index in [1.54, 1.807) is 9.34 Å². The molecule has 5 nitrogen and oxygen atoms in total. The zero-order chi connectivity index (χ0) is 19.7. The van der Waals surface area contributed by atoms with Gasteiger partial charge in [0, 0.05) is 0 Å². The number of hydrogen-bond donors (Lipinski definition) is 0. The van der Waals surface area contributed by atoms with Gasteiger partial charge in [0.2, 0.25) is 0 Å². The lowest BCUT2D eigenvalue weighted by atomic mass is 9.84. The highest BCUT2D eigenvalue weighted by Gasteiger charge is 2.48. The zero-order valence-electron chi connectivity index (χ0n) is 16.9. The summed E-state index contributed by atoms with van der Waals surface area (Å²) in [6.07, 6.45) is 1.42. The molecule has 2 aromatic carbocycles. The predicted octanol–water partition coefficient (Wildman–Crippen LogP) is 4.23. The first kappa shape index (κ1) is 20.2. The van der Waals surface area contributed by atoms with Crippen molar-refractivity contribution in [3.8, 4) is 0 Å². The van der Waals surface area contributed by atoms with E-state index < -0.39 is 13.2 Å². The van der Waals surface area contributed by atoms with Crippen molar-refractivity contribution < 1.29 is 9.30 Å². The first-order chi connectivity index (χ1) is 12.8. The normalized spacial score (nSPS) is 19.9. The molecule has 0 N–H and O–H groups in total. The monoisotopic (exact) mass is 387 g/mol. The van der Waals surface area contributed by atoms with Crippen LogP contribution < -0.4 is 0 Å². The summed E-state index contributed by atoms with van der Waals surface area (Å²) in [5.41, 5.74) is 1.75. The third-order valence-corrected chi connectivity index (χ3v) is 8.59. The van der Waals surface area contributed by atoms with E-state index >= 15 is 0 Å². The van der Waals surface area contributed by atoms with Gasteiger partial charge >= 0.3 is 0 Å². The Kier molecular flexibility index (Phi) is 5.90. The number of nitrogens with zero attached hydrogens (tertiary/aromatic N) is 3. The molecular weight excluding hydrogens is 357 g/mol. The van der Waals surface area contributed by atoms with Crippen LogP contribution in [0.25, 0.3) is 0 Å². The fourth-order valence-electron chi connectivity index (χ4n) is 4.04. The molecule has 146 valence electrons. The van der Waals surface area contributed by atoms with Gasteiger partial charge in [-0.25, -0.2) is 14.0 Å². The molecule has 0 bridgehead atoms. The molecule has 0 amide bonds. The Morgan fingerprint density at radius 1 is 0.852 bits per heavy atom. The summed E-state index contributed by atoms with van der Waals surface area (Å²) in [4.78, 5) is 0. The summed E-state index contributed by atoms with van der Waals surface area (Å²) in [5, 5.41) is 0. The van der Waals surface area contributed by atoms with Gasteiger partial charge in [-0.15, -0.1) is 0 Å². The van der Waals surface area contributed by atoms with Crippen molar-refractivity contribution in [3.63, 3.8) is 0 Å². The number of rotatable bonds is 6. The maximum atomic E-state index is 13.7. The molecule has 1 saturated heterocycles. The van der Waals surface area contributed by atoms with E-state index in [1.807, 2.05) is 76.3 Å². The van der Waals surface area contributed by atoms with Crippen LogP contribution in [0.15, 0.2) is 60.7 Å². The maximum absolute atomic E-state index is 13.7. The molecule has 1 unspecified atom stereocenters. The molecule has 0 spiro atoms. The SMILES string of the molecule is CN(C)P(=O)(N(C)C)N(C)C1CCC(c2ccccc2)(c2ccccc2)O1. The summed E-state index contributed by atoms with van der Waals surface area (Å²) in [5.74, 6) is 0. The Labute approximate surface area is 163 Å². The van der Waals surface area contributed by atoms with Crippen LogP contribution in [0, 0.1) is 0 Å². The third-order valence-electron chi connectivity index (χ3n) is 5.43. The molecule has 3 rings (SSSR count). The summed E-state index contributed by atoms with van der Waals surface area (Å²) in [7, 11) is 6.45. The van der Waals surface area contributed by atoms with Crippen LogP contribution in [-0.2, 0) is 14.9 Å². The Hall–Kier alpha value is -1.49. The zero-order valence-corrected chi connectivity index (χ0v) is 17.8. The third kappa shape index (κ3) is 3.51. The highest BCUT2D eigenvalue weighted by Crippen LogP contribution is 2.56. The highest BCUT2D eigenvalue weighted by molar-refractivity contribution is 7.56. The van der Waals surface area contributed by atoms with Crippen molar-refractivity contribution in [2.45, 2.75) is 24.7 Å². The summed E-state index contributed by atoms with van der Waals surface area (Å²) in [6.45, 7) is 0. The molecule has 0 aromatic heterocycles. The van der Waals surface area contributed by atoms with E-state index in [0.717, 1.165) is 24.0 Å². The molecule has 1 heterocycles. The number of benzene rings is 2. The van der Waals surface area contributed by atoms with Crippen LogP contribution in [0.4, 0.5) is 0 Å². The van der Waals surface area contributed by atoms with E-state index in [-0.39, 0.29) is 6.23 Å². The lowest BCUT2D eigenvalue weighted by Gasteiger charge is -2.41. The highest BCUT2D eigenvalue weighted by atomic mass is 31.2. The second-order valence-electron chi connectivity index (χ2n) is 7.45. The molecule has 0 radical (unpaired) electrons. The molecule has 6 heteroatoms. The minimum absolute atomic E-state index is 0.235. The number of ether oxygens (including phenoxy) is 1. The smallest absolute Gasteiger partial charge is 0.287 e. The lowest BCUT2D eigenvalue weighted by molar-refractivity contribution is -0.0615. The molecule has 1 aliphatic rings. The van der Waals surface area contributed by atoms with Gasteiger partial charge in [0.1, 0.15) is 11.8 Å². The van der Waals surface area contributed by atoms with Crippen LogP contribution in [-0.4, -0.2) is 55.5 Å². The topological polar surface area (TPSA) is 36.0 Å². The summed E-state index contributed by atoms with van der Waals surface area (Å²) in [6, 6.07) is 20.7. The van der Waals surface area contributed by atoms with Gasteiger partial charge in [-0.05, 0) is 59.2 Å². The van der Waals surface area contributed by atoms with Gasteiger partial charge in [-0.3, -0.25) is 4.57 Å². The standard InChI is InChI=1S/C21H30N3O2P/c1-22(2)27(25,23(3)4)24(5)20-16-17-21(26-20,18-12-8-6-9-13-18)19-14-10-7-11-15-19/h6-15,20H,16-17H2,1-5H3. The van der Waals surface area contributed by atoms with Crippen LogP contribution in [0.2, 0.25) is 0 Å². The molecular formula is C21H30N3O2P. The average molecular weight is 387 g/mol. The summed E-state index contributed by atoms with van der Waals surface area (Å²) < 4.78 is 25.9. The maximum Gasteiger partial charge on any atom is 0.287 e. The van der Waals surface area contributed by atoms with Crippen molar-refractivity contribution >= 4 is 7.59 Å². The Morgan fingerprint density at radius 2 is 1.30 bits per heavy atom.